The van der Waals surface area contributed by atoms with E-state index in [-0.39, 0.29) is 27.2 Å². The van der Waals surface area contributed by atoms with Gasteiger partial charge in [-0.2, -0.15) is 0 Å². The van der Waals surface area contributed by atoms with Crippen molar-refractivity contribution >= 4 is 35.0 Å². The Morgan fingerprint density at radius 1 is 1.11 bits per heavy atom. The second-order valence-electron chi connectivity index (χ2n) is 5.47. The monoisotopic (exact) mass is 425 g/mol. The third-order valence-corrected chi connectivity index (χ3v) is 4.73. The summed E-state index contributed by atoms with van der Waals surface area (Å²) in [6, 6.07) is 6.82. The van der Waals surface area contributed by atoms with Gasteiger partial charge in [-0.3, -0.25) is 14.2 Å². The highest BCUT2D eigenvalue weighted by atomic mass is 35.5. The minimum absolute atomic E-state index is 0.0287. The lowest BCUT2D eigenvalue weighted by Gasteiger charge is -2.08. The fraction of sp³-hybridized carbons (Fsp3) is 0.0556. The summed E-state index contributed by atoms with van der Waals surface area (Å²) in [4.78, 5) is 28.4. The van der Waals surface area contributed by atoms with Crippen LogP contribution in [0.25, 0.3) is 5.69 Å². The van der Waals surface area contributed by atoms with Gasteiger partial charge in [0.25, 0.3) is 5.56 Å². The van der Waals surface area contributed by atoms with Crippen molar-refractivity contribution in [2.75, 3.05) is 11.1 Å². The van der Waals surface area contributed by atoms with Gasteiger partial charge in [0.15, 0.2) is 16.7 Å². The van der Waals surface area contributed by atoms with E-state index in [0.717, 1.165) is 34.5 Å². The van der Waals surface area contributed by atoms with E-state index in [1.165, 1.54) is 30.6 Å². The summed E-state index contributed by atoms with van der Waals surface area (Å²) in [6.07, 6.45) is 2.59. The van der Waals surface area contributed by atoms with Crippen molar-refractivity contribution in [2.45, 2.75) is 5.03 Å². The van der Waals surface area contributed by atoms with Crippen molar-refractivity contribution < 1.29 is 18.0 Å². The molecule has 0 spiro atoms. The highest BCUT2D eigenvalue weighted by Gasteiger charge is 2.13. The molecule has 1 aromatic heterocycles. The Balaban J connectivity index is 1.73. The van der Waals surface area contributed by atoms with Crippen molar-refractivity contribution in [1.82, 2.24) is 9.55 Å². The van der Waals surface area contributed by atoms with E-state index in [2.05, 4.69) is 10.3 Å². The zero-order chi connectivity index (χ0) is 20.3. The van der Waals surface area contributed by atoms with E-state index in [9.17, 15) is 22.8 Å². The summed E-state index contributed by atoms with van der Waals surface area (Å²) in [5.74, 6) is -3.60. The van der Waals surface area contributed by atoms with Gasteiger partial charge in [-0.05, 0) is 30.3 Å². The van der Waals surface area contributed by atoms with E-state index < -0.39 is 28.9 Å². The molecule has 28 heavy (non-hydrogen) atoms. The predicted octanol–water partition coefficient (Wildman–Crippen LogP) is 4.03. The van der Waals surface area contributed by atoms with Gasteiger partial charge in [0.2, 0.25) is 5.91 Å². The number of thioether (sulfide) groups is 1. The summed E-state index contributed by atoms with van der Waals surface area (Å²) in [7, 11) is 0. The average Bonchev–Trinajstić information content (AvgIpc) is 2.65. The topological polar surface area (TPSA) is 64.0 Å². The van der Waals surface area contributed by atoms with Crippen LogP contribution in [0, 0.1) is 17.5 Å². The van der Waals surface area contributed by atoms with E-state index >= 15 is 0 Å². The van der Waals surface area contributed by atoms with Crippen LogP contribution in [0.2, 0.25) is 5.02 Å². The number of nitrogens with one attached hydrogen (secondary N) is 1. The summed E-state index contributed by atoms with van der Waals surface area (Å²) in [5.41, 5.74) is -0.542. The van der Waals surface area contributed by atoms with Gasteiger partial charge in [0, 0.05) is 23.5 Å². The van der Waals surface area contributed by atoms with Crippen LogP contribution in [0.5, 0.6) is 0 Å². The molecule has 144 valence electrons. The molecule has 2 aromatic carbocycles. The van der Waals surface area contributed by atoms with Crippen LogP contribution in [0.3, 0.4) is 0 Å². The summed E-state index contributed by atoms with van der Waals surface area (Å²) in [6.45, 7) is 0. The second-order valence-corrected chi connectivity index (χ2v) is 6.87. The van der Waals surface area contributed by atoms with Gasteiger partial charge < -0.3 is 5.32 Å². The molecule has 0 aliphatic rings. The first-order valence-corrected chi connectivity index (χ1v) is 9.12. The highest BCUT2D eigenvalue weighted by Crippen LogP contribution is 2.20. The molecule has 0 aliphatic carbocycles. The van der Waals surface area contributed by atoms with Crippen molar-refractivity contribution in [1.29, 1.82) is 0 Å². The first-order chi connectivity index (χ1) is 13.3. The number of amides is 1. The van der Waals surface area contributed by atoms with Crippen molar-refractivity contribution in [3.8, 4) is 5.69 Å². The zero-order valence-electron chi connectivity index (χ0n) is 14.0. The third kappa shape index (κ3) is 4.55. The molecular weight excluding hydrogens is 415 g/mol. The van der Waals surface area contributed by atoms with Gasteiger partial charge in [0.05, 0.1) is 17.1 Å². The number of anilines is 1. The first-order valence-electron chi connectivity index (χ1n) is 7.76. The third-order valence-electron chi connectivity index (χ3n) is 3.54. The molecule has 0 radical (unpaired) electrons. The molecule has 5 nitrogen and oxygen atoms in total. The SMILES string of the molecule is O=C(CSc1nccn(-c2ccc(F)c(F)c2)c1=O)Nc1ccc(Cl)cc1F. The van der Waals surface area contributed by atoms with E-state index in [0.29, 0.717) is 0 Å². The number of carbonyl (C=O) groups is 1. The van der Waals surface area contributed by atoms with Crippen LogP contribution < -0.4 is 10.9 Å². The molecule has 0 bridgehead atoms. The van der Waals surface area contributed by atoms with E-state index in [1.807, 2.05) is 0 Å². The Hall–Kier alpha value is -2.78. The molecule has 3 rings (SSSR count). The molecule has 0 saturated carbocycles. The Morgan fingerprint density at radius 2 is 1.89 bits per heavy atom. The van der Waals surface area contributed by atoms with Crippen LogP contribution in [-0.4, -0.2) is 21.2 Å². The lowest BCUT2D eigenvalue weighted by Crippen LogP contribution is -2.22. The minimum atomic E-state index is -1.10. The minimum Gasteiger partial charge on any atom is -0.323 e. The maximum Gasteiger partial charge on any atom is 0.287 e. The molecule has 0 saturated heterocycles. The Morgan fingerprint density at radius 3 is 2.61 bits per heavy atom. The first kappa shape index (κ1) is 20.0. The van der Waals surface area contributed by atoms with Crippen molar-refractivity contribution in [3.05, 3.63) is 81.6 Å². The zero-order valence-corrected chi connectivity index (χ0v) is 15.5. The molecule has 0 fully saturated rings. The molecule has 10 heteroatoms. The molecule has 0 unspecified atom stereocenters. The van der Waals surface area contributed by atoms with Crippen molar-refractivity contribution in [3.63, 3.8) is 0 Å². The molecule has 0 atom stereocenters. The molecule has 0 aliphatic heterocycles. The number of carbonyl (C=O) groups excluding carboxylic acids is 1. The number of nitrogens with zero attached hydrogens (tertiary/aromatic N) is 2. The fourth-order valence-corrected chi connectivity index (χ4v) is 3.10. The number of benzene rings is 2. The lowest BCUT2D eigenvalue weighted by molar-refractivity contribution is -0.113. The fourth-order valence-electron chi connectivity index (χ4n) is 2.24. The van der Waals surface area contributed by atoms with Crippen LogP contribution >= 0.6 is 23.4 Å². The van der Waals surface area contributed by atoms with Gasteiger partial charge >= 0.3 is 0 Å². The van der Waals surface area contributed by atoms with Gasteiger partial charge in [-0.1, -0.05) is 23.4 Å². The quantitative estimate of drug-likeness (QED) is 0.627. The number of hydrogen-bond donors (Lipinski definition) is 1. The summed E-state index contributed by atoms with van der Waals surface area (Å²) in [5, 5.41) is 2.53. The molecule has 1 heterocycles. The number of hydrogen-bond acceptors (Lipinski definition) is 4. The maximum absolute atomic E-state index is 13.7. The van der Waals surface area contributed by atoms with Crippen LogP contribution in [-0.2, 0) is 4.79 Å². The number of aromatic nitrogens is 2. The molecule has 3 aromatic rings. The van der Waals surface area contributed by atoms with Gasteiger partial charge in [-0.15, -0.1) is 0 Å². The van der Waals surface area contributed by atoms with Crippen LogP contribution in [0.4, 0.5) is 18.9 Å². The molecular formula is C18H11ClF3N3O2S. The Labute approximate surface area is 166 Å². The Bertz CT molecular complexity index is 1110. The predicted molar refractivity (Wildman–Crippen MR) is 101 cm³/mol. The largest absolute Gasteiger partial charge is 0.323 e. The maximum atomic E-state index is 13.7. The van der Waals surface area contributed by atoms with E-state index in [1.54, 1.807) is 0 Å². The Kier molecular flexibility index (Phi) is 6.05. The van der Waals surface area contributed by atoms with Crippen LogP contribution in [0.15, 0.2) is 58.6 Å². The number of halogens is 4. The smallest absolute Gasteiger partial charge is 0.287 e. The van der Waals surface area contributed by atoms with Gasteiger partial charge in [0.1, 0.15) is 5.82 Å². The van der Waals surface area contributed by atoms with Gasteiger partial charge in [-0.25, -0.2) is 18.2 Å². The summed E-state index contributed by atoms with van der Waals surface area (Å²) >= 11 is 6.48. The summed E-state index contributed by atoms with van der Waals surface area (Å²) < 4.78 is 41.3. The second kappa shape index (κ2) is 8.49. The van der Waals surface area contributed by atoms with E-state index in [4.69, 9.17) is 11.6 Å². The van der Waals surface area contributed by atoms with Crippen LogP contribution in [0.1, 0.15) is 0 Å². The highest BCUT2D eigenvalue weighted by molar-refractivity contribution is 7.99. The lowest BCUT2D eigenvalue weighted by atomic mass is 10.3. The average molecular weight is 426 g/mol. The molecule has 1 N–H and O–H groups in total. The standard InChI is InChI=1S/C18H11ClF3N3O2S/c19-10-1-4-15(14(22)7-10)24-16(26)9-28-17-18(27)25(6-5-23-17)11-2-3-12(20)13(21)8-11/h1-8H,9H2,(H,24,26). The van der Waals surface area contributed by atoms with Crippen molar-refractivity contribution in [2.24, 2.45) is 0 Å². The molecule has 1 amide bonds. The normalized spacial score (nSPS) is 10.7. The number of rotatable bonds is 5.